The molecular weight excluding hydrogens is 577 g/mol. The predicted octanol–water partition coefficient (Wildman–Crippen LogP) is 3.50. The number of phosphoric ester groups is 1. The lowest BCUT2D eigenvalue weighted by molar-refractivity contribution is -0.137. The van der Waals surface area contributed by atoms with Crippen LogP contribution in [0.5, 0.6) is 0 Å². The molecule has 16 heteroatoms. The second kappa shape index (κ2) is 13.9. The number of rotatable bonds is 12. The van der Waals surface area contributed by atoms with Crippen LogP contribution in [0, 0.1) is 11.6 Å². The van der Waals surface area contributed by atoms with Gasteiger partial charge in [0.15, 0.2) is 0 Å². The highest BCUT2D eigenvalue weighted by molar-refractivity contribution is 7.46. The molecular formula is C24H26ClF2N4O8P. The summed E-state index contributed by atoms with van der Waals surface area (Å²) in [5, 5.41) is 14.6. The third kappa shape index (κ3) is 9.45. The van der Waals surface area contributed by atoms with E-state index in [1.54, 1.807) is 0 Å². The van der Waals surface area contributed by atoms with Gasteiger partial charge in [-0.2, -0.15) is 0 Å². The highest BCUT2D eigenvalue weighted by Gasteiger charge is 2.28. The first-order valence-electron chi connectivity index (χ1n) is 11.7. The quantitative estimate of drug-likeness (QED) is 0.153. The maximum absolute atomic E-state index is 13.8. The first-order chi connectivity index (χ1) is 18.8. The molecule has 0 aliphatic heterocycles. The molecule has 5 N–H and O–H groups in total. The Hall–Kier alpha value is -3.23. The Labute approximate surface area is 232 Å². The van der Waals surface area contributed by atoms with Gasteiger partial charge in [-0.25, -0.2) is 28.6 Å². The van der Waals surface area contributed by atoms with Gasteiger partial charge in [-0.1, -0.05) is 23.7 Å². The average Bonchev–Trinajstić information content (AvgIpc) is 2.87. The number of carbonyl (C=O) groups excluding carboxylic acids is 2. The van der Waals surface area contributed by atoms with Crippen LogP contribution in [0.3, 0.4) is 0 Å². The molecule has 0 bridgehead atoms. The molecule has 0 saturated heterocycles. The number of benzene rings is 2. The number of amides is 2. The molecule has 2 aromatic carbocycles. The lowest BCUT2D eigenvalue weighted by atomic mass is 10.1. The number of nitrogens with zero attached hydrogens (tertiary/aromatic N) is 2. The summed E-state index contributed by atoms with van der Waals surface area (Å²) >= 11 is 5.98. The normalized spacial score (nSPS) is 13.1. The van der Waals surface area contributed by atoms with Gasteiger partial charge < -0.3 is 19.6 Å². The van der Waals surface area contributed by atoms with E-state index in [1.165, 1.54) is 49.5 Å². The smallest absolute Gasteiger partial charge is 0.447 e. The molecule has 0 spiro atoms. The van der Waals surface area contributed by atoms with E-state index in [1.807, 2.05) is 0 Å². The monoisotopic (exact) mass is 602 g/mol. The Morgan fingerprint density at radius 3 is 2.60 bits per heavy atom. The lowest BCUT2D eigenvalue weighted by Crippen LogP contribution is -2.52. The van der Waals surface area contributed by atoms with Gasteiger partial charge in [-0.15, -0.1) is 0 Å². The van der Waals surface area contributed by atoms with E-state index in [0.29, 0.717) is 16.3 Å². The van der Waals surface area contributed by atoms with Gasteiger partial charge in [-0.05, 0) is 41.3 Å². The summed E-state index contributed by atoms with van der Waals surface area (Å²) in [5.41, 5.74) is 3.05. The summed E-state index contributed by atoms with van der Waals surface area (Å²) in [6.07, 6.45) is -1.43. The summed E-state index contributed by atoms with van der Waals surface area (Å²) in [7, 11) is -4.89. The van der Waals surface area contributed by atoms with Crippen molar-refractivity contribution in [1.29, 1.82) is 0 Å². The van der Waals surface area contributed by atoms with Gasteiger partial charge >= 0.3 is 13.9 Å². The fraction of sp³-hybridized carbons (Fsp3) is 0.292. The van der Waals surface area contributed by atoms with Crippen LogP contribution in [0.15, 0.2) is 48.7 Å². The van der Waals surface area contributed by atoms with Gasteiger partial charge in [0.25, 0.3) is 0 Å². The molecule has 2 atom stereocenters. The molecule has 40 heavy (non-hydrogen) atoms. The van der Waals surface area contributed by atoms with Gasteiger partial charge in [0.1, 0.15) is 24.1 Å². The minimum atomic E-state index is -4.89. The Morgan fingerprint density at radius 2 is 1.90 bits per heavy atom. The number of ether oxygens (including phenoxy) is 1. The number of hydrogen-bond acceptors (Lipinski definition) is 8. The minimum Gasteiger partial charge on any atom is -0.447 e. The van der Waals surface area contributed by atoms with Crippen LogP contribution in [0.4, 0.5) is 19.4 Å². The number of hydrogen-bond donors (Lipinski definition) is 5. The van der Waals surface area contributed by atoms with Crippen molar-refractivity contribution in [2.75, 3.05) is 18.5 Å². The van der Waals surface area contributed by atoms with Crippen LogP contribution >= 0.6 is 19.4 Å². The fourth-order valence-electron chi connectivity index (χ4n) is 3.66. The number of carbonyl (C=O) groups is 2. The number of nitrogens with one attached hydrogen (secondary N) is 2. The third-order valence-electron chi connectivity index (χ3n) is 5.48. The largest absolute Gasteiger partial charge is 0.469 e. The minimum absolute atomic E-state index is 0.0528. The zero-order valence-corrected chi connectivity index (χ0v) is 22.6. The summed E-state index contributed by atoms with van der Waals surface area (Å²) in [5.74, 6) is -1.70. The van der Waals surface area contributed by atoms with E-state index < -0.39 is 56.8 Å². The second-order valence-corrected chi connectivity index (χ2v) is 10.2. The number of aliphatic hydroxyl groups is 1. The number of hydrazine groups is 1. The van der Waals surface area contributed by atoms with E-state index in [4.69, 9.17) is 26.1 Å². The number of pyridine rings is 1. The lowest BCUT2D eigenvalue weighted by Gasteiger charge is -2.32. The zero-order valence-electron chi connectivity index (χ0n) is 21.0. The predicted molar refractivity (Wildman–Crippen MR) is 140 cm³/mol. The second-order valence-electron chi connectivity index (χ2n) is 8.55. The zero-order chi connectivity index (χ0) is 29.4. The van der Waals surface area contributed by atoms with E-state index >= 15 is 0 Å². The molecule has 0 saturated carbocycles. The van der Waals surface area contributed by atoms with Gasteiger partial charge in [0, 0.05) is 31.5 Å². The Bertz CT molecular complexity index is 1410. The van der Waals surface area contributed by atoms with E-state index in [9.17, 15) is 28.0 Å². The molecule has 0 fully saturated rings. The topological polar surface area (TPSA) is 171 Å². The standard InChI is InChI=1S/C24H26ClF2N4O8P/c1-14(32)31(29-11-16-3-2-4-21(27)23(16)25)19(9-20(33)13-39-40(35,36)37)12-38-24(34)30-22-8-17-7-18(26)6-5-15(17)10-28-22/h2-8,10,19-20,29,33H,9,11-13H2,1H3,(H,28,30,34)(H2,35,36,37)/t19-,20-/m0/s1. The van der Waals surface area contributed by atoms with Crippen molar-refractivity contribution in [3.8, 4) is 0 Å². The molecule has 0 radical (unpaired) electrons. The number of aromatic nitrogens is 1. The Morgan fingerprint density at radius 1 is 1.15 bits per heavy atom. The fourth-order valence-corrected chi connectivity index (χ4v) is 4.22. The van der Waals surface area contributed by atoms with Crippen molar-refractivity contribution in [2.24, 2.45) is 0 Å². The first-order valence-corrected chi connectivity index (χ1v) is 13.6. The number of phosphoric acid groups is 1. The van der Waals surface area contributed by atoms with Crippen molar-refractivity contribution in [2.45, 2.75) is 32.0 Å². The van der Waals surface area contributed by atoms with E-state index in [2.05, 4.69) is 20.3 Å². The van der Waals surface area contributed by atoms with Gasteiger partial charge in [-0.3, -0.25) is 19.6 Å². The summed E-state index contributed by atoms with van der Waals surface area (Å²) in [6.45, 7) is -0.258. The molecule has 3 aromatic rings. The molecule has 0 aliphatic carbocycles. The maximum Gasteiger partial charge on any atom is 0.469 e. The van der Waals surface area contributed by atoms with Crippen molar-refractivity contribution in [1.82, 2.24) is 15.4 Å². The summed E-state index contributed by atoms with van der Waals surface area (Å²) in [6, 6.07) is 8.46. The molecule has 0 unspecified atom stereocenters. The van der Waals surface area contributed by atoms with Crippen molar-refractivity contribution >= 4 is 48.0 Å². The van der Waals surface area contributed by atoms with Crippen LogP contribution in [0.1, 0.15) is 18.9 Å². The summed E-state index contributed by atoms with van der Waals surface area (Å²) in [4.78, 5) is 46.8. The van der Waals surface area contributed by atoms with Crippen LogP contribution in [-0.2, 0) is 25.2 Å². The van der Waals surface area contributed by atoms with Gasteiger partial charge in [0.2, 0.25) is 5.91 Å². The molecule has 3 rings (SSSR count). The van der Waals surface area contributed by atoms with Crippen LogP contribution in [0.2, 0.25) is 5.02 Å². The van der Waals surface area contributed by atoms with Crippen LogP contribution in [-0.4, -0.2) is 62.2 Å². The molecule has 0 aliphatic rings. The summed E-state index contributed by atoms with van der Waals surface area (Å²) < 4.78 is 47.9. The molecule has 2 amide bonds. The number of fused-ring (bicyclic) bond motifs is 1. The third-order valence-corrected chi connectivity index (χ3v) is 6.38. The molecule has 1 aromatic heterocycles. The molecule has 1 heterocycles. The highest BCUT2D eigenvalue weighted by Crippen LogP contribution is 2.36. The number of aliphatic hydroxyl groups excluding tert-OH is 1. The van der Waals surface area contributed by atoms with Gasteiger partial charge in [0.05, 0.1) is 23.8 Å². The Kier molecular flexibility index (Phi) is 10.9. The Balaban J connectivity index is 1.72. The van der Waals surface area contributed by atoms with Crippen molar-refractivity contribution < 1.29 is 47.1 Å². The van der Waals surface area contributed by atoms with E-state index in [0.717, 1.165) is 11.1 Å². The first kappa shape index (κ1) is 31.3. The molecule has 12 nitrogen and oxygen atoms in total. The van der Waals surface area contributed by atoms with Crippen molar-refractivity contribution in [3.63, 3.8) is 0 Å². The number of halogens is 3. The SMILES string of the molecule is CC(=O)N(NCc1cccc(F)c1Cl)[C@H](COC(=O)Nc1cc2cc(F)ccc2cn1)C[C@H](O)COP(=O)(O)O. The van der Waals surface area contributed by atoms with Crippen molar-refractivity contribution in [3.05, 3.63) is 70.9 Å². The number of anilines is 1. The maximum atomic E-state index is 13.8. The molecule has 216 valence electrons. The van der Waals surface area contributed by atoms with E-state index in [-0.39, 0.29) is 23.8 Å². The van der Waals surface area contributed by atoms with Crippen LogP contribution < -0.4 is 10.7 Å². The highest BCUT2D eigenvalue weighted by atomic mass is 35.5. The average molecular weight is 603 g/mol. The van der Waals surface area contributed by atoms with Crippen LogP contribution in [0.25, 0.3) is 10.8 Å².